The fraction of sp³-hybridized carbons (Fsp3) is 0.200. The quantitative estimate of drug-likeness (QED) is 0.245. The summed E-state index contributed by atoms with van der Waals surface area (Å²) in [6.07, 6.45) is 3.60. The summed E-state index contributed by atoms with van der Waals surface area (Å²) in [7, 11) is 0. The average Bonchev–Trinajstić information content (AvgIpc) is 2.78. The molecule has 0 N–H and O–H groups in total. The number of halogens is 1. The minimum Gasteiger partial charge on any atom is -0.489 e. The zero-order valence-electron chi connectivity index (χ0n) is 16.9. The lowest BCUT2D eigenvalue weighted by molar-refractivity contribution is 0.0500. The number of rotatable bonds is 9. The van der Waals surface area contributed by atoms with E-state index in [-0.39, 0.29) is 11.8 Å². The second-order valence-corrected chi connectivity index (χ2v) is 6.78. The molecule has 0 aromatic heterocycles. The third kappa shape index (κ3) is 6.55. The summed E-state index contributed by atoms with van der Waals surface area (Å²) in [5, 5.41) is 0. The monoisotopic (exact) mass is 405 g/mol. The van der Waals surface area contributed by atoms with Crippen LogP contribution in [0.3, 0.4) is 0 Å². The Hall–Kier alpha value is -3.47. The molecule has 0 saturated carbocycles. The first kappa shape index (κ1) is 21.2. The number of esters is 1. The Morgan fingerprint density at radius 3 is 2.33 bits per heavy atom. The van der Waals surface area contributed by atoms with Crippen LogP contribution in [0.2, 0.25) is 0 Å². The van der Waals surface area contributed by atoms with Gasteiger partial charge in [0.25, 0.3) is 0 Å². The minimum atomic E-state index is -0.310. The van der Waals surface area contributed by atoms with Crippen LogP contribution in [0.25, 0.3) is 0 Å². The highest BCUT2D eigenvalue weighted by Gasteiger charge is 2.06. The Morgan fingerprint density at radius 2 is 1.67 bits per heavy atom. The van der Waals surface area contributed by atoms with E-state index in [0.717, 1.165) is 35.4 Å². The molecule has 4 nitrogen and oxygen atoms in total. The molecule has 0 radical (unpaired) electrons. The van der Waals surface area contributed by atoms with E-state index < -0.39 is 0 Å². The third-order valence-electron chi connectivity index (χ3n) is 4.40. The fourth-order valence-corrected chi connectivity index (χ4v) is 2.62. The summed E-state index contributed by atoms with van der Waals surface area (Å²) in [5.74, 6) is 0.154. The molecular weight excluding hydrogens is 381 g/mol. The maximum Gasteiger partial charge on any atom is 0.338 e. The van der Waals surface area contributed by atoms with Crippen LogP contribution in [0.1, 0.15) is 41.3 Å². The van der Waals surface area contributed by atoms with Gasteiger partial charge in [-0.15, -0.1) is 0 Å². The van der Waals surface area contributed by atoms with Crippen LogP contribution in [0.4, 0.5) is 10.1 Å². The lowest BCUT2D eigenvalue weighted by atomic mass is 10.2. The molecule has 3 aromatic rings. The van der Waals surface area contributed by atoms with Crippen molar-refractivity contribution >= 4 is 17.9 Å². The standard InChI is InChI=1S/C25H24FNO3/c1-2-3-16-29-25(28)21-8-12-23(13-9-21)27-17-19-6-14-24(15-7-19)30-18-20-4-10-22(26)11-5-20/h4-15,17H,2-3,16,18H2,1H3. The first-order valence-electron chi connectivity index (χ1n) is 9.92. The van der Waals surface area contributed by atoms with Gasteiger partial charge in [-0.3, -0.25) is 4.99 Å². The van der Waals surface area contributed by atoms with E-state index in [0.29, 0.717) is 18.8 Å². The van der Waals surface area contributed by atoms with Gasteiger partial charge in [0.05, 0.1) is 17.9 Å². The van der Waals surface area contributed by atoms with Crippen molar-refractivity contribution in [2.75, 3.05) is 6.61 Å². The van der Waals surface area contributed by atoms with E-state index in [1.54, 1.807) is 42.6 Å². The van der Waals surface area contributed by atoms with Gasteiger partial charge in [-0.25, -0.2) is 9.18 Å². The fourth-order valence-electron chi connectivity index (χ4n) is 2.62. The summed E-state index contributed by atoms with van der Waals surface area (Å²) in [5.41, 5.74) is 3.09. The van der Waals surface area contributed by atoms with E-state index in [4.69, 9.17) is 9.47 Å². The number of carbonyl (C=O) groups is 1. The minimum absolute atomic E-state index is 0.260. The molecular formula is C25H24FNO3. The van der Waals surface area contributed by atoms with Crippen LogP contribution in [0.15, 0.2) is 77.8 Å². The smallest absolute Gasteiger partial charge is 0.338 e. The Bertz CT molecular complexity index is 965. The van der Waals surface area contributed by atoms with Crippen molar-refractivity contribution in [1.82, 2.24) is 0 Å². The van der Waals surface area contributed by atoms with Gasteiger partial charge >= 0.3 is 5.97 Å². The summed E-state index contributed by atoms with van der Waals surface area (Å²) in [4.78, 5) is 16.3. The van der Waals surface area contributed by atoms with Crippen molar-refractivity contribution < 1.29 is 18.7 Å². The molecule has 3 rings (SSSR count). The average molecular weight is 405 g/mol. The van der Waals surface area contributed by atoms with Gasteiger partial charge in [-0.1, -0.05) is 25.5 Å². The van der Waals surface area contributed by atoms with Crippen molar-refractivity contribution in [1.29, 1.82) is 0 Å². The molecule has 0 unspecified atom stereocenters. The van der Waals surface area contributed by atoms with Crippen LogP contribution in [0.5, 0.6) is 5.75 Å². The van der Waals surface area contributed by atoms with E-state index in [2.05, 4.69) is 11.9 Å². The van der Waals surface area contributed by atoms with Gasteiger partial charge in [0.2, 0.25) is 0 Å². The van der Waals surface area contributed by atoms with Crippen molar-refractivity contribution in [3.05, 3.63) is 95.3 Å². The number of aliphatic imine (C=N–C) groups is 1. The van der Waals surface area contributed by atoms with Gasteiger partial charge in [0.15, 0.2) is 0 Å². The molecule has 3 aromatic carbocycles. The number of carbonyl (C=O) groups excluding carboxylic acids is 1. The highest BCUT2D eigenvalue weighted by Crippen LogP contribution is 2.16. The first-order chi connectivity index (χ1) is 14.6. The summed E-state index contributed by atoms with van der Waals surface area (Å²) in [6.45, 7) is 2.87. The Morgan fingerprint density at radius 1 is 0.967 bits per heavy atom. The lowest BCUT2D eigenvalue weighted by Gasteiger charge is -2.06. The molecule has 0 heterocycles. The Balaban J connectivity index is 1.52. The van der Waals surface area contributed by atoms with Gasteiger partial charge in [0.1, 0.15) is 18.2 Å². The van der Waals surface area contributed by atoms with Gasteiger partial charge in [-0.05, 0) is 78.2 Å². The number of nitrogens with zero attached hydrogens (tertiary/aromatic N) is 1. The molecule has 0 amide bonds. The molecule has 154 valence electrons. The molecule has 0 fully saturated rings. The highest BCUT2D eigenvalue weighted by molar-refractivity contribution is 5.90. The molecule has 5 heteroatoms. The molecule has 30 heavy (non-hydrogen) atoms. The molecule has 0 saturated heterocycles. The van der Waals surface area contributed by atoms with Gasteiger partial charge in [0, 0.05) is 6.21 Å². The Labute approximate surface area is 176 Å². The summed E-state index contributed by atoms with van der Waals surface area (Å²) < 4.78 is 23.8. The predicted octanol–water partition coefficient (Wildman–Crippen LogP) is 6.11. The molecule has 0 aliphatic rings. The van der Waals surface area contributed by atoms with Crippen molar-refractivity contribution in [2.45, 2.75) is 26.4 Å². The molecule has 0 spiro atoms. The van der Waals surface area contributed by atoms with E-state index in [9.17, 15) is 9.18 Å². The van der Waals surface area contributed by atoms with Crippen LogP contribution in [-0.4, -0.2) is 18.8 Å². The normalized spacial score (nSPS) is 10.9. The maximum absolute atomic E-state index is 12.9. The maximum atomic E-state index is 12.9. The van der Waals surface area contributed by atoms with E-state index in [1.165, 1.54) is 12.1 Å². The number of hydrogen-bond acceptors (Lipinski definition) is 4. The molecule has 0 bridgehead atoms. The van der Waals surface area contributed by atoms with Crippen molar-refractivity contribution in [3.63, 3.8) is 0 Å². The van der Waals surface area contributed by atoms with Crippen molar-refractivity contribution in [3.8, 4) is 5.75 Å². The third-order valence-corrected chi connectivity index (χ3v) is 4.40. The second-order valence-electron chi connectivity index (χ2n) is 6.78. The lowest BCUT2D eigenvalue weighted by Crippen LogP contribution is -2.05. The van der Waals surface area contributed by atoms with Gasteiger partial charge in [-0.2, -0.15) is 0 Å². The van der Waals surface area contributed by atoms with E-state index in [1.807, 2.05) is 24.3 Å². The number of benzene rings is 3. The summed E-state index contributed by atoms with van der Waals surface area (Å²) >= 11 is 0. The zero-order valence-corrected chi connectivity index (χ0v) is 16.9. The number of hydrogen-bond donors (Lipinski definition) is 0. The topological polar surface area (TPSA) is 47.9 Å². The van der Waals surface area contributed by atoms with Crippen LogP contribution >= 0.6 is 0 Å². The zero-order chi connectivity index (χ0) is 21.2. The SMILES string of the molecule is CCCCOC(=O)c1ccc(N=Cc2ccc(OCc3ccc(F)cc3)cc2)cc1. The highest BCUT2D eigenvalue weighted by atomic mass is 19.1. The molecule has 0 aliphatic heterocycles. The van der Waals surface area contributed by atoms with Crippen molar-refractivity contribution in [2.24, 2.45) is 4.99 Å². The van der Waals surface area contributed by atoms with Crippen LogP contribution in [-0.2, 0) is 11.3 Å². The second kappa shape index (κ2) is 10.9. The van der Waals surface area contributed by atoms with Crippen LogP contribution in [0, 0.1) is 5.82 Å². The van der Waals surface area contributed by atoms with Gasteiger partial charge < -0.3 is 9.47 Å². The molecule has 0 atom stereocenters. The largest absolute Gasteiger partial charge is 0.489 e. The number of ether oxygens (including phenoxy) is 2. The van der Waals surface area contributed by atoms with E-state index >= 15 is 0 Å². The Kier molecular flexibility index (Phi) is 7.72. The van der Waals surface area contributed by atoms with Crippen LogP contribution < -0.4 is 4.74 Å². The predicted molar refractivity (Wildman–Crippen MR) is 116 cm³/mol. The number of unbranched alkanes of at least 4 members (excludes halogenated alkanes) is 1. The first-order valence-corrected chi connectivity index (χ1v) is 9.92. The summed E-state index contributed by atoms with van der Waals surface area (Å²) in [6, 6.07) is 20.8. The molecule has 0 aliphatic carbocycles.